The Morgan fingerprint density at radius 1 is 0.383 bits per heavy atom. The molecule has 0 saturated carbocycles. The molecule has 9 heteroatoms. The Hall–Kier alpha value is -7.26. The summed E-state index contributed by atoms with van der Waals surface area (Å²) in [5, 5.41) is 0. The number of esters is 3. The van der Waals surface area contributed by atoms with E-state index in [0.717, 1.165) is 50.5 Å². The van der Waals surface area contributed by atoms with Crippen LogP contribution in [-0.2, 0) is 0 Å². The molecule has 4 aromatic carbocycles. The van der Waals surface area contributed by atoms with Crippen LogP contribution < -0.4 is 14.2 Å². The van der Waals surface area contributed by atoms with Gasteiger partial charge in [-0.1, -0.05) is 114 Å². The van der Waals surface area contributed by atoms with Crippen LogP contribution in [0.5, 0.6) is 17.2 Å². The number of hydrogen-bond donors (Lipinski definition) is 0. The minimum atomic E-state index is -0.819. The third kappa shape index (κ3) is 9.37. The molecule has 0 spiro atoms. The van der Waals surface area contributed by atoms with E-state index in [9.17, 15) is 14.4 Å². The van der Waals surface area contributed by atoms with E-state index in [4.69, 9.17) is 14.2 Å². The van der Waals surface area contributed by atoms with Gasteiger partial charge in [-0.15, -0.1) is 0 Å². The van der Waals surface area contributed by atoms with Crippen LogP contribution >= 0.6 is 0 Å². The molecule has 7 rings (SSSR count). The summed E-state index contributed by atoms with van der Waals surface area (Å²) in [4.78, 5) is 54.8. The Morgan fingerprint density at radius 3 is 0.883 bits per heavy atom. The lowest BCUT2D eigenvalue weighted by molar-refractivity contribution is 0.0734. The second kappa shape index (κ2) is 18.1. The van der Waals surface area contributed by atoms with Gasteiger partial charge in [-0.2, -0.15) is 0 Å². The van der Waals surface area contributed by atoms with E-state index in [1.165, 1.54) is 36.8 Å². The standard InChI is InChI=1S/C51H45N3O6/c1-31(2)40-13-7-10-16-43(40)46-22-19-37(28-52-46)58-49(55)34-25-35(50(56)59-38-20-23-47(53-29-38)44-17-11-8-14-41(44)32(3)4)27-36(26-34)51(57)60-39-21-24-48(54-30-39)45-18-12-9-15-42(45)33(5)6/h7-33H,1-6H3. The molecule has 0 fully saturated rings. The maximum atomic E-state index is 13.7. The van der Waals surface area contributed by atoms with Crippen LogP contribution in [0.3, 0.4) is 0 Å². The zero-order chi connectivity index (χ0) is 42.3. The van der Waals surface area contributed by atoms with Gasteiger partial charge in [0.2, 0.25) is 0 Å². The van der Waals surface area contributed by atoms with Crippen LogP contribution in [0.1, 0.15) is 107 Å². The normalized spacial score (nSPS) is 11.2. The summed E-state index contributed by atoms with van der Waals surface area (Å²) in [5.41, 5.74) is 8.32. The molecule has 0 N–H and O–H groups in total. The largest absolute Gasteiger partial charge is 0.421 e. The Labute approximate surface area is 350 Å². The van der Waals surface area contributed by atoms with Crippen LogP contribution in [0, 0.1) is 0 Å². The minimum Gasteiger partial charge on any atom is -0.421 e. The Bertz CT molecular complexity index is 2350. The zero-order valence-electron chi connectivity index (χ0n) is 34.4. The van der Waals surface area contributed by atoms with Gasteiger partial charge in [0.25, 0.3) is 0 Å². The molecule has 3 aromatic heterocycles. The van der Waals surface area contributed by atoms with Gasteiger partial charge in [0.15, 0.2) is 0 Å². The van der Waals surface area contributed by atoms with E-state index in [1.54, 1.807) is 36.4 Å². The molecule has 60 heavy (non-hydrogen) atoms. The lowest BCUT2D eigenvalue weighted by atomic mass is 9.95. The molecule has 0 saturated heterocycles. The first-order valence-corrected chi connectivity index (χ1v) is 19.9. The SMILES string of the molecule is CC(C)c1ccccc1-c1ccc(OC(=O)c2cc(C(=O)Oc3ccc(-c4ccccc4C(C)C)nc3)cc(C(=O)Oc3ccc(-c4ccccc4C(C)C)nc3)c2)cn1. The van der Waals surface area contributed by atoms with Crippen LogP contribution in [0.15, 0.2) is 146 Å². The monoisotopic (exact) mass is 795 g/mol. The van der Waals surface area contributed by atoms with Crippen molar-refractivity contribution < 1.29 is 28.6 Å². The Balaban J connectivity index is 1.15. The van der Waals surface area contributed by atoms with E-state index in [2.05, 4.69) is 74.7 Å². The van der Waals surface area contributed by atoms with Crippen molar-refractivity contribution in [1.82, 2.24) is 15.0 Å². The highest BCUT2D eigenvalue weighted by Crippen LogP contribution is 2.32. The fourth-order valence-electron chi connectivity index (χ4n) is 6.98. The first kappa shape index (κ1) is 40.9. The van der Waals surface area contributed by atoms with Gasteiger partial charge in [-0.3, -0.25) is 15.0 Å². The number of carbonyl (C=O) groups excluding carboxylic acids is 3. The fourth-order valence-corrected chi connectivity index (χ4v) is 6.98. The fraction of sp³-hybridized carbons (Fsp3) is 0.176. The Morgan fingerprint density at radius 2 is 0.650 bits per heavy atom. The van der Waals surface area contributed by atoms with Gasteiger partial charge in [-0.25, -0.2) is 14.4 Å². The smallest absolute Gasteiger partial charge is 0.343 e. The predicted octanol–water partition coefficient (Wildman–Crippen LogP) is 11.9. The molecule has 9 nitrogen and oxygen atoms in total. The quantitative estimate of drug-likeness (QED) is 0.111. The molecule has 3 heterocycles. The minimum absolute atomic E-state index is 0.0804. The summed E-state index contributed by atoms with van der Waals surface area (Å²) in [5.74, 6) is -1.07. The number of hydrogen-bond acceptors (Lipinski definition) is 9. The third-order valence-corrected chi connectivity index (χ3v) is 10.1. The first-order chi connectivity index (χ1) is 28.9. The summed E-state index contributed by atoms with van der Waals surface area (Å²) < 4.78 is 17.1. The van der Waals surface area contributed by atoms with E-state index in [1.807, 2.05) is 54.6 Å². The van der Waals surface area contributed by atoms with Gasteiger partial charge >= 0.3 is 17.9 Å². The van der Waals surface area contributed by atoms with Crippen molar-refractivity contribution in [3.63, 3.8) is 0 Å². The average molecular weight is 796 g/mol. The molecule has 0 aliphatic rings. The van der Waals surface area contributed by atoms with E-state index in [-0.39, 0.29) is 51.7 Å². The Kier molecular flexibility index (Phi) is 12.4. The maximum absolute atomic E-state index is 13.7. The van der Waals surface area contributed by atoms with Crippen LogP contribution in [-0.4, -0.2) is 32.9 Å². The van der Waals surface area contributed by atoms with Crippen molar-refractivity contribution in [2.45, 2.75) is 59.3 Å². The number of aromatic nitrogens is 3. The lowest BCUT2D eigenvalue weighted by Gasteiger charge is -2.13. The van der Waals surface area contributed by atoms with Crippen molar-refractivity contribution in [1.29, 1.82) is 0 Å². The molecule has 0 aliphatic carbocycles. The molecule has 0 radical (unpaired) electrons. The summed E-state index contributed by atoms with van der Waals surface area (Å²) in [6, 6.07) is 38.2. The van der Waals surface area contributed by atoms with E-state index in [0.29, 0.717) is 0 Å². The van der Waals surface area contributed by atoms with Crippen molar-refractivity contribution in [2.24, 2.45) is 0 Å². The molecule has 0 amide bonds. The van der Waals surface area contributed by atoms with Gasteiger partial charge in [0, 0.05) is 16.7 Å². The molecular formula is C51H45N3O6. The summed E-state index contributed by atoms with van der Waals surface area (Å²) in [7, 11) is 0. The number of carbonyl (C=O) groups is 3. The third-order valence-electron chi connectivity index (χ3n) is 10.1. The van der Waals surface area contributed by atoms with Crippen molar-refractivity contribution in [2.75, 3.05) is 0 Å². The van der Waals surface area contributed by atoms with Crippen LogP contribution in [0.2, 0.25) is 0 Å². The molecule has 0 atom stereocenters. The predicted molar refractivity (Wildman–Crippen MR) is 233 cm³/mol. The van der Waals surface area contributed by atoms with Crippen molar-refractivity contribution in [3.8, 4) is 51.0 Å². The van der Waals surface area contributed by atoms with E-state index >= 15 is 0 Å². The van der Waals surface area contributed by atoms with Crippen molar-refractivity contribution >= 4 is 17.9 Å². The number of pyridine rings is 3. The summed E-state index contributed by atoms with van der Waals surface area (Å²) in [6.45, 7) is 12.7. The molecule has 300 valence electrons. The highest BCUT2D eigenvalue weighted by atomic mass is 16.5. The van der Waals surface area contributed by atoms with Crippen LogP contribution in [0.25, 0.3) is 33.8 Å². The number of rotatable bonds is 12. The summed E-state index contributed by atoms with van der Waals surface area (Å²) in [6.07, 6.45) is 4.39. The first-order valence-electron chi connectivity index (χ1n) is 19.9. The highest BCUT2D eigenvalue weighted by Gasteiger charge is 2.22. The molecule has 0 aliphatic heterocycles. The van der Waals surface area contributed by atoms with E-state index < -0.39 is 17.9 Å². The van der Waals surface area contributed by atoms with Crippen molar-refractivity contribution in [3.05, 3.63) is 179 Å². The van der Waals surface area contributed by atoms with Gasteiger partial charge in [0.05, 0.1) is 52.4 Å². The van der Waals surface area contributed by atoms with Gasteiger partial charge in [0.1, 0.15) is 17.2 Å². The zero-order valence-corrected chi connectivity index (χ0v) is 34.4. The molecule has 7 aromatic rings. The number of benzene rings is 4. The maximum Gasteiger partial charge on any atom is 0.343 e. The molecule has 0 bridgehead atoms. The number of nitrogens with zero attached hydrogens (tertiary/aromatic N) is 3. The van der Waals surface area contributed by atoms with Crippen LogP contribution in [0.4, 0.5) is 0 Å². The average Bonchev–Trinajstić information content (AvgIpc) is 3.27. The molecular weight excluding hydrogens is 751 g/mol. The number of ether oxygens (including phenoxy) is 3. The van der Waals surface area contributed by atoms with Gasteiger partial charge in [-0.05, 0) is 89.0 Å². The van der Waals surface area contributed by atoms with Gasteiger partial charge < -0.3 is 14.2 Å². The topological polar surface area (TPSA) is 118 Å². The second-order valence-electron chi connectivity index (χ2n) is 15.3. The summed E-state index contributed by atoms with van der Waals surface area (Å²) >= 11 is 0. The highest BCUT2D eigenvalue weighted by molar-refractivity contribution is 6.02. The second-order valence-corrected chi connectivity index (χ2v) is 15.3. The molecule has 0 unspecified atom stereocenters. The lowest BCUT2D eigenvalue weighted by Crippen LogP contribution is -2.17.